The van der Waals surface area contributed by atoms with E-state index in [2.05, 4.69) is 11.0 Å². The van der Waals surface area contributed by atoms with Gasteiger partial charge in [0.15, 0.2) is 0 Å². The molecule has 146 valence electrons. The van der Waals surface area contributed by atoms with Crippen molar-refractivity contribution >= 4 is 34.9 Å². The van der Waals surface area contributed by atoms with Crippen molar-refractivity contribution < 1.29 is 19.1 Å². The first-order valence-corrected chi connectivity index (χ1v) is 10.2. The number of imide groups is 2. The minimum Gasteiger partial charge on any atom is -0.492 e. The molecule has 2 aliphatic heterocycles. The number of carbonyl (C=O) groups excluding carboxylic acids is 3. The molecule has 0 spiro atoms. The number of likely N-dealkylation sites (tertiary alicyclic amines) is 1. The van der Waals surface area contributed by atoms with Gasteiger partial charge in [0.2, 0.25) is 0 Å². The molecule has 0 N–H and O–H groups in total. The molecular formula is C20H21N3O4S. The summed E-state index contributed by atoms with van der Waals surface area (Å²) in [5.74, 6) is -1.24. The number of benzene rings is 1. The summed E-state index contributed by atoms with van der Waals surface area (Å²) in [6.07, 6.45) is 1.96. The predicted octanol–water partition coefficient (Wildman–Crippen LogP) is 3.24. The van der Waals surface area contributed by atoms with Crippen LogP contribution in [-0.4, -0.2) is 47.5 Å². The zero-order valence-corrected chi connectivity index (χ0v) is 16.4. The molecule has 2 saturated heterocycles. The molecule has 0 saturated carbocycles. The molecule has 2 aliphatic rings. The SMILES string of the molecule is CCOc1ccccc1N1C(=O)C(=O)N(CN2CCC[C@H]2c2cccs2)C1=O. The van der Waals surface area contributed by atoms with Crippen molar-refractivity contribution in [3.05, 3.63) is 46.7 Å². The van der Waals surface area contributed by atoms with Gasteiger partial charge >= 0.3 is 17.8 Å². The maximum atomic E-state index is 13.0. The van der Waals surface area contributed by atoms with Crippen LogP contribution in [0.4, 0.5) is 10.5 Å². The van der Waals surface area contributed by atoms with E-state index in [1.165, 1.54) is 4.88 Å². The lowest BCUT2D eigenvalue weighted by molar-refractivity contribution is -0.140. The van der Waals surface area contributed by atoms with Crippen LogP contribution in [0.1, 0.15) is 30.7 Å². The van der Waals surface area contributed by atoms with E-state index in [0.717, 1.165) is 29.2 Å². The highest BCUT2D eigenvalue weighted by molar-refractivity contribution is 7.10. The van der Waals surface area contributed by atoms with Crippen LogP contribution in [0, 0.1) is 0 Å². The summed E-state index contributed by atoms with van der Waals surface area (Å²) in [5.41, 5.74) is 0.298. The molecule has 4 amide bonds. The van der Waals surface area contributed by atoms with E-state index in [-0.39, 0.29) is 12.7 Å². The van der Waals surface area contributed by atoms with Gasteiger partial charge in [-0.25, -0.2) is 14.6 Å². The van der Waals surface area contributed by atoms with Gasteiger partial charge in [0.1, 0.15) is 5.75 Å². The Morgan fingerprint density at radius 2 is 1.93 bits per heavy atom. The molecule has 1 atom stereocenters. The number of amides is 4. The molecule has 3 heterocycles. The topological polar surface area (TPSA) is 70.2 Å². The zero-order valence-electron chi connectivity index (χ0n) is 15.5. The lowest BCUT2D eigenvalue weighted by atomic mass is 10.2. The lowest BCUT2D eigenvalue weighted by Crippen LogP contribution is -2.42. The van der Waals surface area contributed by atoms with Crippen molar-refractivity contribution in [1.82, 2.24) is 9.80 Å². The van der Waals surface area contributed by atoms with Gasteiger partial charge in [-0.2, -0.15) is 0 Å². The molecule has 7 nitrogen and oxygen atoms in total. The Labute approximate surface area is 167 Å². The van der Waals surface area contributed by atoms with Crippen LogP contribution in [0.2, 0.25) is 0 Å². The molecule has 0 bridgehead atoms. The number of rotatable bonds is 6. The van der Waals surface area contributed by atoms with Crippen LogP contribution in [0.15, 0.2) is 41.8 Å². The van der Waals surface area contributed by atoms with Gasteiger partial charge in [0.25, 0.3) is 0 Å². The third-order valence-corrected chi connectivity index (χ3v) is 5.99. The molecule has 1 aromatic carbocycles. The quantitative estimate of drug-likeness (QED) is 0.551. The van der Waals surface area contributed by atoms with Gasteiger partial charge < -0.3 is 4.74 Å². The Hall–Kier alpha value is -2.71. The number of thiophene rings is 1. The fourth-order valence-corrected chi connectivity index (χ4v) is 4.64. The number of urea groups is 1. The first kappa shape index (κ1) is 18.6. The van der Waals surface area contributed by atoms with Gasteiger partial charge in [-0.05, 0) is 43.3 Å². The average molecular weight is 399 g/mol. The molecule has 8 heteroatoms. The van der Waals surface area contributed by atoms with Crippen molar-refractivity contribution in [3.8, 4) is 5.75 Å². The number of para-hydroxylation sites is 2. The number of ether oxygens (including phenoxy) is 1. The zero-order chi connectivity index (χ0) is 19.7. The molecular weight excluding hydrogens is 378 g/mol. The predicted molar refractivity (Wildman–Crippen MR) is 105 cm³/mol. The van der Waals surface area contributed by atoms with E-state index >= 15 is 0 Å². The van der Waals surface area contributed by atoms with Crippen LogP contribution in [0.5, 0.6) is 5.75 Å². The first-order valence-electron chi connectivity index (χ1n) is 9.31. The van der Waals surface area contributed by atoms with Crippen LogP contribution in [0.3, 0.4) is 0 Å². The van der Waals surface area contributed by atoms with Crippen molar-refractivity contribution in [2.75, 3.05) is 24.7 Å². The normalized spacial score (nSPS) is 20.5. The van der Waals surface area contributed by atoms with Gasteiger partial charge in [-0.3, -0.25) is 14.5 Å². The van der Waals surface area contributed by atoms with Crippen molar-refractivity contribution in [2.45, 2.75) is 25.8 Å². The summed E-state index contributed by atoms with van der Waals surface area (Å²) in [6, 6.07) is 10.4. The Morgan fingerprint density at radius 1 is 1.11 bits per heavy atom. The second kappa shape index (κ2) is 7.73. The molecule has 2 aromatic rings. The number of hydrogen-bond acceptors (Lipinski definition) is 6. The molecule has 0 unspecified atom stereocenters. The molecule has 2 fully saturated rings. The maximum absolute atomic E-state index is 13.0. The van der Waals surface area contributed by atoms with Crippen molar-refractivity contribution in [2.24, 2.45) is 0 Å². The van der Waals surface area contributed by atoms with Crippen molar-refractivity contribution in [1.29, 1.82) is 0 Å². The highest BCUT2D eigenvalue weighted by Gasteiger charge is 2.47. The molecule has 0 aliphatic carbocycles. The lowest BCUT2D eigenvalue weighted by Gasteiger charge is -2.27. The summed E-state index contributed by atoms with van der Waals surface area (Å²) in [7, 11) is 0. The Kier molecular flexibility index (Phi) is 5.15. The average Bonchev–Trinajstić information content (AvgIpc) is 3.41. The Balaban J connectivity index is 1.58. The molecule has 28 heavy (non-hydrogen) atoms. The molecule has 4 rings (SSSR count). The van der Waals surface area contributed by atoms with Crippen LogP contribution in [-0.2, 0) is 9.59 Å². The summed E-state index contributed by atoms with van der Waals surface area (Å²) >= 11 is 1.66. The maximum Gasteiger partial charge on any atom is 0.340 e. The van der Waals surface area contributed by atoms with E-state index in [1.807, 2.05) is 18.4 Å². The van der Waals surface area contributed by atoms with Gasteiger partial charge in [0.05, 0.1) is 19.0 Å². The fraction of sp³-hybridized carbons (Fsp3) is 0.350. The van der Waals surface area contributed by atoms with E-state index < -0.39 is 17.8 Å². The minimum atomic E-state index is -0.843. The highest BCUT2D eigenvalue weighted by atomic mass is 32.1. The minimum absolute atomic E-state index is 0.110. The largest absolute Gasteiger partial charge is 0.492 e. The first-order chi connectivity index (χ1) is 13.6. The third-order valence-electron chi connectivity index (χ3n) is 5.02. The third kappa shape index (κ3) is 3.18. The van der Waals surface area contributed by atoms with Gasteiger partial charge in [-0.15, -0.1) is 11.3 Å². The molecule has 1 aromatic heterocycles. The molecule has 0 radical (unpaired) electrons. The van der Waals surface area contributed by atoms with Crippen LogP contribution < -0.4 is 9.64 Å². The monoisotopic (exact) mass is 399 g/mol. The number of nitrogens with zero attached hydrogens (tertiary/aromatic N) is 3. The fourth-order valence-electron chi connectivity index (χ4n) is 3.74. The number of anilines is 1. The number of hydrogen-bond donors (Lipinski definition) is 0. The smallest absolute Gasteiger partial charge is 0.340 e. The van der Waals surface area contributed by atoms with E-state index in [0.29, 0.717) is 18.0 Å². The highest BCUT2D eigenvalue weighted by Crippen LogP contribution is 2.36. The summed E-state index contributed by atoms with van der Waals surface area (Å²) in [4.78, 5) is 43.5. The summed E-state index contributed by atoms with van der Waals surface area (Å²) in [6.45, 7) is 3.10. The van der Waals surface area contributed by atoms with Gasteiger partial charge in [0, 0.05) is 17.5 Å². The van der Waals surface area contributed by atoms with E-state index in [4.69, 9.17) is 4.74 Å². The number of carbonyl (C=O) groups is 3. The van der Waals surface area contributed by atoms with Gasteiger partial charge in [-0.1, -0.05) is 18.2 Å². The van der Waals surface area contributed by atoms with Crippen LogP contribution in [0.25, 0.3) is 0 Å². The van der Waals surface area contributed by atoms with Crippen LogP contribution >= 0.6 is 11.3 Å². The van der Waals surface area contributed by atoms with E-state index in [1.54, 1.807) is 35.6 Å². The second-order valence-corrected chi connectivity index (χ2v) is 7.66. The Morgan fingerprint density at radius 3 is 2.68 bits per heavy atom. The Bertz CT molecular complexity index is 899. The summed E-state index contributed by atoms with van der Waals surface area (Å²) < 4.78 is 5.53. The van der Waals surface area contributed by atoms with Crippen molar-refractivity contribution in [3.63, 3.8) is 0 Å². The van der Waals surface area contributed by atoms with E-state index in [9.17, 15) is 14.4 Å². The summed E-state index contributed by atoms with van der Waals surface area (Å²) in [5, 5.41) is 2.02. The standard InChI is InChI=1S/C20H21N3O4S/c1-2-27-16-9-4-3-7-14(16)23-19(25)18(24)22(20(23)26)13-21-11-5-8-15(21)17-10-6-12-28-17/h3-4,6-7,9-10,12,15H,2,5,8,11,13H2,1H3/t15-/m0/s1. The second-order valence-electron chi connectivity index (χ2n) is 6.68.